The lowest BCUT2D eigenvalue weighted by molar-refractivity contribution is 0.252. The number of hydrogen-bond acceptors (Lipinski definition) is 3. The van der Waals surface area contributed by atoms with E-state index in [9.17, 15) is 4.79 Å². The molecule has 2 rings (SSSR count). The van der Waals surface area contributed by atoms with E-state index in [1.807, 2.05) is 6.92 Å². The van der Waals surface area contributed by atoms with Crippen LogP contribution in [0.5, 0.6) is 0 Å². The molecule has 0 aromatic carbocycles. The number of nitrogens with zero attached hydrogens (tertiary/aromatic N) is 1. The molecule has 0 saturated heterocycles. The average Bonchev–Trinajstić information content (AvgIpc) is 2.70. The van der Waals surface area contributed by atoms with Crippen molar-refractivity contribution in [2.75, 3.05) is 18.4 Å². The number of urea groups is 1. The second-order valence-corrected chi connectivity index (χ2v) is 3.84. The van der Waals surface area contributed by atoms with Crippen LogP contribution in [-0.4, -0.2) is 29.3 Å². The highest BCUT2D eigenvalue weighted by Gasteiger charge is 2.17. The van der Waals surface area contributed by atoms with Crippen LogP contribution in [0.2, 0.25) is 0 Å². The zero-order valence-corrected chi connectivity index (χ0v) is 9.39. The topological polar surface area (TPSA) is 81.8 Å². The lowest BCUT2D eigenvalue weighted by atomic mass is 10.1. The zero-order chi connectivity index (χ0) is 11.4. The highest BCUT2D eigenvalue weighted by atomic mass is 16.2. The molecule has 0 spiro atoms. The molecule has 0 unspecified atom stereocenters. The highest BCUT2D eigenvalue weighted by molar-refractivity contribution is 5.89. The summed E-state index contributed by atoms with van der Waals surface area (Å²) in [4.78, 5) is 11.5. The molecule has 0 radical (unpaired) electrons. The largest absolute Gasteiger partial charge is 0.338 e. The van der Waals surface area contributed by atoms with Gasteiger partial charge in [-0.25, -0.2) is 4.79 Å². The van der Waals surface area contributed by atoms with Gasteiger partial charge in [0.2, 0.25) is 0 Å². The summed E-state index contributed by atoms with van der Waals surface area (Å²) in [6, 6.07) is -0.185. The normalized spacial score (nSPS) is 14.3. The number of H-pyrrole nitrogens is 1. The SMILES string of the molecule is CCCNC(=O)Nc1n[nH]c2c1CCNC2. The maximum Gasteiger partial charge on any atom is 0.320 e. The minimum absolute atomic E-state index is 0.185. The summed E-state index contributed by atoms with van der Waals surface area (Å²) in [6.07, 6.45) is 1.82. The third-order valence-corrected chi connectivity index (χ3v) is 2.57. The highest BCUT2D eigenvalue weighted by Crippen LogP contribution is 2.19. The maximum atomic E-state index is 11.5. The van der Waals surface area contributed by atoms with E-state index in [-0.39, 0.29) is 6.03 Å². The standard InChI is InChI=1S/C10H17N5O/c1-2-4-12-10(16)13-9-7-3-5-11-6-8(7)14-15-9/h11H,2-6H2,1H3,(H3,12,13,14,15,16). The summed E-state index contributed by atoms with van der Waals surface area (Å²) in [7, 11) is 0. The Hall–Kier alpha value is -1.56. The minimum Gasteiger partial charge on any atom is -0.338 e. The molecular weight excluding hydrogens is 206 g/mol. The smallest absolute Gasteiger partial charge is 0.320 e. The number of carbonyl (C=O) groups is 1. The van der Waals surface area contributed by atoms with Crippen molar-refractivity contribution >= 4 is 11.8 Å². The molecule has 0 bridgehead atoms. The van der Waals surface area contributed by atoms with E-state index in [4.69, 9.17) is 0 Å². The third-order valence-electron chi connectivity index (χ3n) is 2.57. The van der Waals surface area contributed by atoms with E-state index in [1.54, 1.807) is 0 Å². The first-order valence-corrected chi connectivity index (χ1v) is 5.63. The molecule has 0 fully saturated rings. The molecule has 0 atom stereocenters. The molecule has 2 heterocycles. The van der Waals surface area contributed by atoms with Crippen molar-refractivity contribution in [2.45, 2.75) is 26.3 Å². The molecule has 4 N–H and O–H groups in total. The quantitative estimate of drug-likeness (QED) is 0.605. The monoisotopic (exact) mass is 223 g/mol. The van der Waals surface area contributed by atoms with Crippen LogP contribution in [0.25, 0.3) is 0 Å². The predicted molar refractivity (Wildman–Crippen MR) is 61.3 cm³/mol. The van der Waals surface area contributed by atoms with Crippen molar-refractivity contribution in [3.05, 3.63) is 11.3 Å². The molecule has 1 aliphatic heterocycles. The van der Waals surface area contributed by atoms with Crippen molar-refractivity contribution in [2.24, 2.45) is 0 Å². The number of anilines is 1. The summed E-state index contributed by atoms with van der Waals surface area (Å²) in [5.41, 5.74) is 2.18. The van der Waals surface area contributed by atoms with Crippen molar-refractivity contribution < 1.29 is 4.79 Å². The van der Waals surface area contributed by atoms with Crippen LogP contribution in [0.4, 0.5) is 10.6 Å². The zero-order valence-electron chi connectivity index (χ0n) is 9.39. The van der Waals surface area contributed by atoms with Crippen LogP contribution in [-0.2, 0) is 13.0 Å². The van der Waals surface area contributed by atoms with Gasteiger partial charge >= 0.3 is 6.03 Å². The molecule has 16 heavy (non-hydrogen) atoms. The van der Waals surface area contributed by atoms with Crippen LogP contribution in [0.15, 0.2) is 0 Å². The van der Waals surface area contributed by atoms with Gasteiger partial charge in [0.05, 0.1) is 5.69 Å². The van der Waals surface area contributed by atoms with Crippen molar-refractivity contribution in [1.82, 2.24) is 20.8 Å². The number of aromatic amines is 1. The van der Waals surface area contributed by atoms with E-state index in [1.165, 1.54) is 0 Å². The fourth-order valence-electron chi connectivity index (χ4n) is 1.74. The first kappa shape index (κ1) is 10.9. The molecule has 1 aromatic heterocycles. The Labute approximate surface area is 94.2 Å². The second-order valence-electron chi connectivity index (χ2n) is 3.84. The number of fused-ring (bicyclic) bond motifs is 1. The van der Waals surface area contributed by atoms with Gasteiger partial charge in [-0.3, -0.25) is 10.4 Å². The number of nitrogens with one attached hydrogen (secondary N) is 4. The summed E-state index contributed by atoms with van der Waals surface area (Å²) >= 11 is 0. The van der Waals surface area contributed by atoms with Gasteiger partial charge in [-0.2, -0.15) is 5.10 Å². The van der Waals surface area contributed by atoms with Gasteiger partial charge in [0, 0.05) is 18.7 Å². The maximum absolute atomic E-state index is 11.5. The van der Waals surface area contributed by atoms with E-state index in [2.05, 4.69) is 26.1 Å². The first-order chi connectivity index (χ1) is 7.81. The van der Waals surface area contributed by atoms with Gasteiger partial charge in [0.15, 0.2) is 5.82 Å². The molecule has 2 amide bonds. The molecule has 6 nitrogen and oxygen atoms in total. The molecular formula is C10H17N5O. The fourth-order valence-corrected chi connectivity index (χ4v) is 1.74. The fraction of sp³-hybridized carbons (Fsp3) is 0.600. The number of carbonyl (C=O) groups excluding carboxylic acids is 1. The second kappa shape index (κ2) is 4.98. The Morgan fingerprint density at radius 2 is 2.44 bits per heavy atom. The summed E-state index contributed by atoms with van der Waals surface area (Å²) < 4.78 is 0. The van der Waals surface area contributed by atoms with Gasteiger partial charge < -0.3 is 10.6 Å². The van der Waals surface area contributed by atoms with Gasteiger partial charge in [-0.05, 0) is 19.4 Å². The summed E-state index contributed by atoms with van der Waals surface area (Å²) in [5, 5.41) is 15.8. The van der Waals surface area contributed by atoms with Gasteiger partial charge in [-0.15, -0.1) is 0 Å². The van der Waals surface area contributed by atoms with Crippen LogP contribution < -0.4 is 16.0 Å². The van der Waals surface area contributed by atoms with E-state index >= 15 is 0 Å². The third kappa shape index (κ3) is 2.33. The van der Waals surface area contributed by atoms with E-state index < -0.39 is 0 Å². The van der Waals surface area contributed by atoms with Gasteiger partial charge in [0.1, 0.15) is 0 Å². The first-order valence-electron chi connectivity index (χ1n) is 5.63. The summed E-state index contributed by atoms with van der Waals surface area (Å²) in [5.74, 6) is 0.658. The Bertz CT molecular complexity index is 373. The van der Waals surface area contributed by atoms with Crippen LogP contribution >= 0.6 is 0 Å². The molecule has 6 heteroatoms. The van der Waals surface area contributed by atoms with Crippen molar-refractivity contribution in [3.8, 4) is 0 Å². The van der Waals surface area contributed by atoms with Gasteiger partial charge in [0.25, 0.3) is 0 Å². The Morgan fingerprint density at radius 1 is 1.56 bits per heavy atom. The average molecular weight is 223 g/mol. The van der Waals surface area contributed by atoms with E-state index in [0.29, 0.717) is 12.4 Å². The number of hydrogen-bond donors (Lipinski definition) is 4. The molecule has 0 aliphatic carbocycles. The van der Waals surface area contributed by atoms with Gasteiger partial charge in [-0.1, -0.05) is 6.92 Å². The molecule has 88 valence electrons. The summed E-state index contributed by atoms with van der Waals surface area (Å²) in [6.45, 7) is 4.42. The van der Waals surface area contributed by atoms with Crippen LogP contribution in [0.1, 0.15) is 24.6 Å². The number of aromatic nitrogens is 2. The Morgan fingerprint density at radius 3 is 3.25 bits per heavy atom. The van der Waals surface area contributed by atoms with Crippen LogP contribution in [0, 0.1) is 0 Å². The Balaban J connectivity index is 1.99. The molecule has 1 aliphatic rings. The van der Waals surface area contributed by atoms with Crippen LogP contribution in [0.3, 0.4) is 0 Å². The van der Waals surface area contributed by atoms with Crippen molar-refractivity contribution in [1.29, 1.82) is 0 Å². The van der Waals surface area contributed by atoms with Crippen molar-refractivity contribution in [3.63, 3.8) is 0 Å². The lowest BCUT2D eigenvalue weighted by Crippen LogP contribution is -2.30. The molecule has 0 saturated carbocycles. The molecule has 1 aromatic rings. The minimum atomic E-state index is -0.185. The number of amides is 2. The Kier molecular flexibility index (Phi) is 3.40. The lowest BCUT2D eigenvalue weighted by Gasteiger charge is -2.13. The number of rotatable bonds is 3. The van der Waals surface area contributed by atoms with E-state index in [0.717, 1.165) is 37.2 Å². The predicted octanol–water partition coefficient (Wildman–Crippen LogP) is 0.587.